The summed E-state index contributed by atoms with van der Waals surface area (Å²) in [5.41, 5.74) is 10.2. The Morgan fingerprint density at radius 2 is 1.80 bits per heavy atom. The van der Waals surface area contributed by atoms with E-state index in [2.05, 4.69) is 27.4 Å². The van der Waals surface area contributed by atoms with E-state index < -0.39 is 41.9 Å². The normalized spacial score (nSPS) is 14.9. The second-order valence-corrected chi connectivity index (χ2v) is 9.28. The van der Waals surface area contributed by atoms with E-state index in [9.17, 15) is 17.6 Å². The number of ether oxygens (including phenoxy) is 2. The number of thioether (sulfide) groups is 1. The van der Waals surface area contributed by atoms with Crippen molar-refractivity contribution in [1.82, 2.24) is 9.97 Å². The number of alkyl halides is 3. The van der Waals surface area contributed by atoms with Crippen LogP contribution >= 0.6 is 11.8 Å². The molecule has 1 saturated heterocycles. The van der Waals surface area contributed by atoms with Crippen LogP contribution in [0, 0.1) is 17.0 Å². The van der Waals surface area contributed by atoms with Gasteiger partial charge in [-0.25, -0.2) is 14.4 Å². The van der Waals surface area contributed by atoms with Gasteiger partial charge in [-0.1, -0.05) is 6.92 Å². The first kappa shape index (κ1) is 28.2. The standard InChI is InChI=1S/C20H23F5N4O2S.CH3NO/c1-19(3-5-32-6-4-19)10-29(2)16-13(26)9-28-18(15(16)22)31-17-14(7-12(21)8-27-17)30-11-20(23,24)25;2-1-3/h7-9H,3-6,10-11,26H2,1-2H3;1H,(H2,2,3). The first-order valence-corrected chi connectivity index (χ1v) is 11.5. The van der Waals surface area contributed by atoms with E-state index in [-0.39, 0.29) is 23.2 Å². The Bertz CT molecular complexity index is 1010. The van der Waals surface area contributed by atoms with Gasteiger partial charge in [-0.15, -0.1) is 0 Å². The number of pyridine rings is 2. The Morgan fingerprint density at radius 3 is 2.40 bits per heavy atom. The molecule has 1 amide bonds. The lowest BCUT2D eigenvalue weighted by Gasteiger charge is -2.37. The van der Waals surface area contributed by atoms with Crippen LogP contribution < -0.4 is 25.8 Å². The molecule has 0 aliphatic carbocycles. The molecule has 14 heteroatoms. The van der Waals surface area contributed by atoms with E-state index >= 15 is 4.39 Å². The summed E-state index contributed by atoms with van der Waals surface area (Å²) in [4.78, 5) is 17.6. The molecule has 194 valence electrons. The molecular weight excluding hydrogens is 497 g/mol. The molecule has 0 unspecified atom stereocenters. The van der Waals surface area contributed by atoms with Crippen LogP contribution in [0.2, 0.25) is 0 Å². The van der Waals surface area contributed by atoms with Crippen molar-refractivity contribution in [1.29, 1.82) is 0 Å². The average Bonchev–Trinajstić information content (AvgIpc) is 2.76. The Labute approximate surface area is 203 Å². The van der Waals surface area contributed by atoms with Crippen LogP contribution in [0.25, 0.3) is 0 Å². The van der Waals surface area contributed by atoms with Gasteiger partial charge in [-0.2, -0.15) is 29.3 Å². The lowest BCUT2D eigenvalue weighted by atomic mass is 9.83. The largest absolute Gasteiger partial charge is 0.478 e. The third-order valence-corrected chi connectivity index (χ3v) is 6.05. The Hall–Kier alpha value is -3.03. The van der Waals surface area contributed by atoms with Gasteiger partial charge in [0.1, 0.15) is 11.5 Å². The number of carbonyl (C=O) groups excluding carboxylic acids is 1. The second-order valence-electron chi connectivity index (χ2n) is 8.06. The third-order valence-electron chi connectivity index (χ3n) is 5.06. The van der Waals surface area contributed by atoms with Gasteiger partial charge in [-0.3, -0.25) is 4.79 Å². The number of carbonyl (C=O) groups is 1. The van der Waals surface area contributed by atoms with Gasteiger partial charge in [-0.05, 0) is 29.8 Å². The van der Waals surface area contributed by atoms with Crippen molar-refractivity contribution in [3.63, 3.8) is 0 Å². The maximum atomic E-state index is 15.3. The average molecular weight is 524 g/mol. The Kier molecular flexibility index (Phi) is 9.74. The molecule has 8 nitrogen and oxygen atoms in total. The number of hydrogen-bond acceptors (Lipinski definition) is 8. The number of primary amides is 1. The van der Waals surface area contributed by atoms with Gasteiger partial charge in [0.05, 0.1) is 18.1 Å². The Balaban J connectivity index is 0.00000137. The van der Waals surface area contributed by atoms with Gasteiger partial charge in [0.2, 0.25) is 12.2 Å². The molecule has 0 spiro atoms. The highest BCUT2D eigenvalue weighted by atomic mass is 32.2. The van der Waals surface area contributed by atoms with Crippen molar-refractivity contribution in [3.8, 4) is 17.5 Å². The lowest BCUT2D eigenvalue weighted by molar-refractivity contribution is -0.153. The van der Waals surface area contributed by atoms with Crippen molar-refractivity contribution in [2.45, 2.75) is 25.9 Å². The van der Waals surface area contributed by atoms with Crippen LogP contribution in [-0.4, -0.2) is 54.3 Å². The molecule has 1 fully saturated rings. The van der Waals surface area contributed by atoms with Crippen molar-refractivity contribution >= 4 is 29.5 Å². The predicted octanol–water partition coefficient (Wildman–Crippen LogP) is 4.14. The minimum atomic E-state index is -4.67. The smallest absolute Gasteiger partial charge is 0.422 e. The van der Waals surface area contributed by atoms with Gasteiger partial charge in [0, 0.05) is 19.7 Å². The van der Waals surface area contributed by atoms with Crippen LogP contribution in [-0.2, 0) is 4.79 Å². The van der Waals surface area contributed by atoms with Gasteiger partial charge < -0.3 is 25.8 Å². The first-order chi connectivity index (χ1) is 16.4. The molecular formula is C21H26F5N5O3S. The number of nitrogen functional groups attached to an aromatic ring is 1. The zero-order valence-corrected chi connectivity index (χ0v) is 19.9. The molecule has 1 aliphatic rings. The highest BCUT2D eigenvalue weighted by Crippen LogP contribution is 2.40. The van der Waals surface area contributed by atoms with E-state index in [1.165, 1.54) is 6.20 Å². The summed E-state index contributed by atoms with van der Waals surface area (Å²) in [6, 6.07) is 0.665. The number of anilines is 2. The molecule has 2 aromatic rings. The van der Waals surface area contributed by atoms with Crippen molar-refractivity contribution in [3.05, 3.63) is 30.1 Å². The molecule has 1 aliphatic heterocycles. The molecule has 0 saturated carbocycles. The number of aromatic nitrogens is 2. The summed E-state index contributed by atoms with van der Waals surface area (Å²) in [5, 5.41) is 0. The maximum Gasteiger partial charge on any atom is 0.422 e. The molecule has 3 rings (SSSR count). The summed E-state index contributed by atoms with van der Waals surface area (Å²) < 4.78 is 76.1. The fraction of sp³-hybridized carbons (Fsp3) is 0.476. The highest BCUT2D eigenvalue weighted by Gasteiger charge is 2.32. The summed E-state index contributed by atoms with van der Waals surface area (Å²) in [5.74, 6) is -1.58. The highest BCUT2D eigenvalue weighted by molar-refractivity contribution is 7.99. The lowest BCUT2D eigenvalue weighted by Crippen LogP contribution is -2.37. The quantitative estimate of drug-likeness (QED) is 0.411. The molecule has 0 radical (unpaired) electrons. The van der Waals surface area contributed by atoms with E-state index in [0.717, 1.165) is 24.3 Å². The maximum absolute atomic E-state index is 15.3. The summed E-state index contributed by atoms with van der Waals surface area (Å²) in [7, 11) is 1.69. The molecule has 4 N–H and O–H groups in total. The van der Waals surface area contributed by atoms with Crippen LogP contribution in [0.15, 0.2) is 18.5 Å². The minimum Gasteiger partial charge on any atom is -0.478 e. The summed E-state index contributed by atoms with van der Waals surface area (Å²) in [6.07, 6.45) is -0.588. The molecule has 3 heterocycles. The van der Waals surface area contributed by atoms with Crippen molar-refractivity contribution in [2.24, 2.45) is 11.1 Å². The van der Waals surface area contributed by atoms with Crippen LogP contribution in [0.3, 0.4) is 0 Å². The van der Waals surface area contributed by atoms with Gasteiger partial charge >= 0.3 is 6.18 Å². The molecule has 2 aromatic heterocycles. The zero-order valence-electron chi connectivity index (χ0n) is 19.1. The monoisotopic (exact) mass is 523 g/mol. The molecule has 35 heavy (non-hydrogen) atoms. The number of halogens is 5. The van der Waals surface area contributed by atoms with Crippen molar-refractivity contribution < 1.29 is 36.2 Å². The minimum absolute atomic E-state index is 0.0275. The number of hydrogen-bond donors (Lipinski definition) is 2. The van der Waals surface area contributed by atoms with Crippen LogP contribution in [0.1, 0.15) is 19.8 Å². The number of nitrogens with zero attached hydrogens (tertiary/aromatic N) is 3. The van der Waals surface area contributed by atoms with Gasteiger partial charge in [0.25, 0.3) is 11.8 Å². The topological polar surface area (TPSA) is 117 Å². The van der Waals surface area contributed by atoms with E-state index in [0.29, 0.717) is 18.8 Å². The second kappa shape index (κ2) is 12.1. The van der Waals surface area contributed by atoms with E-state index in [4.69, 9.17) is 15.3 Å². The van der Waals surface area contributed by atoms with Crippen molar-refractivity contribution in [2.75, 3.05) is 42.3 Å². The summed E-state index contributed by atoms with van der Waals surface area (Å²) in [6.45, 7) is 0.965. The van der Waals surface area contributed by atoms with E-state index in [1.807, 2.05) is 11.8 Å². The summed E-state index contributed by atoms with van der Waals surface area (Å²) >= 11 is 1.87. The molecule has 0 aromatic carbocycles. The van der Waals surface area contributed by atoms with E-state index in [1.54, 1.807) is 11.9 Å². The fourth-order valence-electron chi connectivity index (χ4n) is 3.45. The van der Waals surface area contributed by atoms with Gasteiger partial charge in [0.15, 0.2) is 12.4 Å². The SMILES string of the molecule is CN(CC1(C)CCSCC1)c1c(N)cnc(Oc2ncc(F)cc2OCC(F)(F)F)c1F.NC=O. The molecule has 0 bridgehead atoms. The number of amides is 1. The zero-order chi connectivity index (χ0) is 26.2. The predicted molar refractivity (Wildman–Crippen MR) is 123 cm³/mol. The fourth-order valence-corrected chi connectivity index (χ4v) is 4.92. The van der Waals surface area contributed by atoms with Crippen LogP contribution in [0.4, 0.5) is 33.3 Å². The Morgan fingerprint density at radius 1 is 1.20 bits per heavy atom. The first-order valence-electron chi connectivity index (χ1n) is 10.3. The number of rotatable bonds is 7. The number of nitrogens with two attached hydrogens (primary N) is 2. The third kappa shape index (κ3) is 8.30. The van der Waals surface area contributed by atoms with Crippen LogP contribution in [0.5, 0.6) is 17.5 Å². The molecule has 0 atom stereocenters.